The third kappa shape index (κ3) is 3.75. The second-order valence-corrected chi connectivity index (χ2v) is 8.94. The first-order valence-electron chi connectivity index (χ1n) is 10.1. The van der Waals surface area contributed by atoms with Crippen molar-refractivity contribution in [3.05, 3.63) is 30.4 Å². The molecule has 8 heteroatoms. The van der Waals surface area contributed by atoms with Crippen LogP contribution in [-0.4, -0.2) is 60.9 Å². The second-order valence-electron chi connectivity index (χ2n) is 8.38. The lowest BCUT2D eigenvalue weighted by molar-refractivity contribution is 0.0184. The maximum atomic E-state index is 12.8. The molecule has 1 aliphatic carbocycles. The Labute approximate surface area is 169 Å². The summed E-state index contributed by atoms with van der Waals surface area (Å²) in [4.78, 5) is 23.0. The molecule has 3 N–H and O–H groups in total. The molecule has 4 unspecified atom stereocenters. The van der Waals surface area contributed by atoms with Crippen molar-refractivity contribution in [3.8, 4) is 0 Å². The van der Waals surface area contributed by atoms with Gasteiger partial charge < -0.3 is 15.7 Å². The number of fused-ring (bicyclic) bond motifs is 1. The van der Waals surface area contributed by atoms with Crippen molar-refractivity contribution in [1.82, 2.24) is 19.3 Å². The summed E-state index contributed by atoms with van der Waals surface area (Å²) in [5.74, 6) is 1.23. The molecule has 3 heterocycles. The first kappa shape index (κ1) is 19.6. The first-order valence-corrected chi connectivity index (χ1v) is 10.5. The van der Waals surface area contributed by atoms with Gasteiger partial charge in [0.25, 0.3) is 5.91 Å². The van der Waals surface area contributed by atoms with E-state index in [0.717, 1.165) is 19.3 Å². The van der Waals surface area contributed by atoms with Crippen LogP contribution in [0.2, 0.25) is 0 Å². The van der Waals surface area contributed by atoms with Crippen LogP contribution in [0.4, 0.5) is 0 Å². The number of rotatable bonds is 3. The number of piperidine rings is 1. The molecule has 4 rings (SSSR count). The Kier molecular flexibility index (Phi) is 5.58. The molecule has 2 aliphatic rings. The summed E-state index contributed by atoms with van der Waals surface area (Å²) >= 11 is 6.44. The molecule has 1 aliphatic heterocycles. The summed E-state index contributed by atoms with van der Waals surface area (Å²) in [6.07, 6.45) is 9.60. The fourth-order valence-corrected chi connectivity index (χ4v) is 5.02. The van der Waals surface area contributed by atoms with Gasteiger partial charge in [-0.25, -0.2) is 9.97 Å². The number of hydrogen-bond acceptors (Lipinski definition) is 5. The number of imidazole rings is 1. The van der Waals surface area contributed by atoms with Gasteiger partial charge in [-0.2, -0.15) is 0 Å². The van der Waals surface area contributed by atoms with Crippen molar-refractivity contribution in [2.24, 2.45) is 23.5 Å². The molecule has 0 spiro atoms. The van der Waals surface area contributed by atoms with E-state index in [4.69, 9.17) is 17.3 Å². The van der Waals surface area contributed by atoms with E-state index in [2.05, 4.69) is 16.9 Å². The Hall–Kier alpha value is -1.70. The smallest absolute Gasteiger partial charge is 0.256 e. The minimum Gasteiger partial charge on any atom is -0.393 e. The van der Waals surface area contributed by atoms with Gasteiger partial charge in [0.05, 0.1) is 11.7 Å². The number of halogens is 1. The van der Waals surface area contributed by atoms with Gasteiger partial charge in [-0.05, 0) is 37.5 Å². The van der Waals surface area contributed by atoms with Gasteiger partial charge in [0.1, 0.15) is 0 Å². The molecule has 152 valence electrons. The Balaban J connectivity index is 1.36. The predicted molar refractivity (Wildman–Crippen MR) is 107 cm³/mol. The minimum atomic E-state index is -0.382. The Bertz CT molecular complexity index is 835. The van der Waals surface area contributed by atoms with Crippen LogP contribution in [0.3, 0.4) is 0 Å². The zero-order valence-electron chi connectivity index (χ0n) is 16.1. The number of likely N-dealkylation sites (tertiary alicyclic amines) is 1. The van der Waals surface area contributed by atoms with Crippen LogP contribution in [0, 0.1) is 17.8 Å². The van der Waals surface area contributed by atoms with Crippen molar-refractivity contribution in [3.63, 3.8) is 0 Å². The van der Waals surface area contributed by atoms with Crippen LogP contribution in [0.15, 0.2) is 24.8 Å². The molecule has 0 radical (unpaired) electrons. The highest BCUT2D eigenvalue weighted by Crippen LogP contribution is 2.37. The monoisotopic (exact) mass is 405 g/mol. The summed E-state index contributed by atoms with van der Waals surface area (Å²) in [5, 5.41) is 10.6. The van der Waals surface area contributed by atoms with E-state index in [0.29, 0.717) is 42.7 Å². The zero-order valence-corrected chi connectivity index (χ0v) is 16.9. The maximum absolute atomic E-state index is 12.8. The fourth-order valence-electron chi connectivity index (χ4n) is 4.71. The molecule has 1 saturated carbocycles. The highest BCUT2D eigenvalue weighted by Gasteiger charge is 2.40. The lowest BCUT2D eigenvalue weighted by Gasteiger charge is -2.43. The lowest BCUT2D eigenvalue weighted by Crippen LogP contribution is -2.51. The van der Waals surface area contributed by atoms with Crippen molar-refractivity contribution in [1.29, 1.82) is 0 Å². The van der Waals surface area contributed by atoms with Crippen LogP contribution in [0.25, 0.3) is 5.78 Å². The van der Waals surface area contributed by atoms with Gasteiger partial charge in [0, 0.05) is 55.2 Å². The van der Waals surface area contributed by atoms with E-state index in [1.807, 2.05) is 4.90 Å². The minimum absolute atomic E-state index is 0.0116. The van der Waals surface area contributed by atoms with Gasteiger partial charge in [0.2, 0.25) is 5.78 Å². The molecule has 7 nitrogen and oxygen atoms in total. The number of nitrogens with zero attached hydrogens (tertiary/aromatic N) is 4. The van der Waals surface area contributed by atoms with Crippen LogP contribution in [0.1, 0.15) is 43.0 Å². The molecule has 2 aromatic heterocycles. The number of carbonyl (C=O) groups excluding carboxylic acids is 1. The van der Waals surface area contributed by atoms with Crippen molar-refractivity contribution in [2.45, 2.75) is 50.1 Å². The average Bonchev–Trinajstić information content (AvgIpc) is 3.17. The predicted octanol–water partition coefficient (Wildman–Crippen LogP) is 1.92. The van der Waals surface area contributed by atoms with Gasteiger partial charge in [-0.3, -0.25) is 9.20 Å². The number of carbonyl (C=O) groups is 1. The summed E-state index contributed by atoms with van der Waals surface area (Å²) in [5.41, 5.74) is 7.13. The quantitative estimate of drug-likeness (QED) is 0.760. The van der Waals surface area contributed by atoms with E-state index < -0.39 is 0 Å². The Morgan fingerprint density at radius 2 is 2.07 bits per heavy atom. The van der Waals surface area contributed by atoms with E-state index >= 15 is 0 Å². The van der Waals surface area contributed by atoms with Gasteiger partial charge in [0.15, 0.2) is 0 Å². The summed E-state index contributed by atoms with van der Waals surface area (Å²) < 4.78 is 1.75. The second kappa shape index (κ2) is 7.97. The van der Waals surface area contributed by atoms with Crippen molar-refractivity contribution >= 4 is 23.3 Å². The van der Waals surface area contributed by atoms with Crippen molar-refractivity contribution in [2.75, 3.05) is 13.1 Å². The summed E-state index contributed by atoms with van der Waals surface area (Å²) in [7, 11) is 0. The molecule has 28 heavy (non-hydrogen) atoms. The fraction of sp³-hybridized carbons (Fsp3) is 0.650. The summed E-state index contributed by atoms with van der Waals surface area (Å²) in [6.45, 7) is 3.42. The third-order valence-corrected chi connectivity index (χ3v) is 7.19. The van der Waals surface area contributed by atoms with E-state index in [1.54, 1.807) is 29.2 Å². The van der Waals surface area contributed by atoms with Gasteiger partial charge in [-0.1, -0.05) is 6.92 Å². The van der Waals surface area contributed by atoms with Gasteiger partial charge in [-0.15, -0.1) is 11.6 Å². The van der Waals surface area contributed by atoms with Gasteiger partial charge >= 0.3 is 0 Å². The molecule has 0 aromatic carbocycles. The number of aliphatic hydroxyl groups is 1. The van der Waals surface area contributed by atoms with E-state index in [1.165, 1.54) is 0 Å². The third-order valence-electron chi connectivity index (χ3n) is 6.58. The highest BCUT2D eigenvalue weighted by atomic mass is 35.5. The Morgan fingerprint density at radius 3 is 2.82 bits per heavy atom. The van der Waals surface area contributed by atoms with Crippen LogP contribution < -0.4 is 5.73 Å². The highest BCUT2D eigenvalue weighted by molar-refractivity contribution is 6.20. The van der Waals surface area contributed by atoms with Crippen LogP contribution in [0.5, 0.6) is 0 Å². The molecular weight excluding hydrogens is 378 g/mol. The lowest BCUT2D eigenvalue weighted by atomic mass is 9.72. The summed E-state index contributed by atoms with van der Waals surface area (Å²) in [6, 6.07) is -0.0787. The van der Waals surface area contributed by atoms with E-state index in [-0.39, 0.29) is 29.3 Å². The number of hydrogen-bond donors (Lipinski definition) is 2. The molecule has 2 aromatic rings. The molecule has 1 amide bonds. The number of amides is 1. The first-order chi connectivity index (χ1) is 13.4. The van der Waals surface area contributed by atoms with Crippen molar-refractivity contribution < 1.29 is 9.90 Å². The zero-order chi connectivity index (χ0) is 19.8. The standard InChI is InChI=1S/C20H28ClN5O2/c1-12-8-17(27)15(9-16(12)21)18(22)13-2-5-25(6-3-13)19(28)14-10-24-20-23-4-7-26(20)11-14/h4,7,10-13,15-18,27H,2-3,5-6,8-9,22H2,1H3/t12?,15?,16?,17?,18-/m1/s1. The topological polar surface area (TPSA) is 96.8 Å². The Morgan fingerprint density at radius 1 is 1.32 bits per heavy atom. The van der Waals surface area contributed by atoms with E-state index in [9.17, 15) is 9.90 Å². The largest absolute Gasteiger partial charge is 0.393 e. The molecular formula is C20H28ClN5O2. The molecule has 5 atom stereocenters. The number of aromatic nitrogens is 3. The normalized spacial score (nSPS) is 30.5. The number of alkyl halides is 1. The molecule has 2 fully saturated rings. The average molecular weight is 406 g/mol. The van der Waals surface area contributed by atoms with Crippen LogP contribution >= 0.6 is 11.6 Å². The maximum Gasteiger partial charge on any atom is 0.256 e. The molecule has 1 saturated heterocycles. The SMILES string of the molecule is CC1CC(O)C([C@H](N)C2CCN(C(=O)c3cnc4nccn4c3)CC2)CC1Cl. The van der Waals surface area contributed by atoms with Crippen LogP contribution in [-0.2, 0) is 0 Å². The number of aliphatic hydroxyl groups excluding tert-OH is 1. The number of nitrogens with two attached hydrogens (primary N) is 1. The molecule has 0 bridgehead atoms.